The predicted molar refractivity (Wildman–Crippen MR) is 43.0 cm³/mol. The molecule has 0 unspecified atom stereocenters. The molecule has 1 aliphatic heterocycles. The molecule has 0 radical (unpaired) electrons. The lowest BCUT2D eigenvalue weighted by Gasteiger charge is -2.14. The third-order valence-electron chi connectivity index (χ3n) is 1.95. The Morgan fingerprint density at radius 1 is 1.58 bits per heavy atom. The van der Waals surface area contributed by atoms with Gasteiger partial charge in [0.05, 0.1) is 18.9 Å². The Kier molecular flexibility index (Phi) is 1.69. The first-order valence-corrected chi connectivity index (χ1v) is 3.94. The minimum absolute atomic E-state index is 0.0131. The molecule has 0 atom stereocenters. The van der Waals surface area contributed by atoms with Gasteiger partial charge in [-0.1, -0.05) is 0 Å². The van der Waals surface area contributed by atoms with Crippen molar-refractivity contribution in [1.29, 1.82) is 0 Å². The Labute approximate surface area is 69.6 Å². The third kappa shape index (κ3) is 1.14. The fourth-order valence-corrected chi connectivity index (χ4v) is 1.39. The maximum Gasteiger partial charge on any atom is 0.254 e. The van der Waals surface area contributed by atoms with Crippen molar-refractivity contribution in [2.24, 2.45) is 0 Å². The highest BCUT2D eigenvalue weighted by Crippen LogP contribution is 2.09. The number of aryl methyl sites for hydroxylation is 1. The molecule has 1 aromatic heterocycles. The molecule has 0 bridgehead atoms. The summed E-state index contributed by atoms with van der Waals surface area (Å²) < 4.78 is 5.19. The van der Waals surface area contributed by atoms with Crippen LogP contribution >= 0.6 is 0 Å². The first-order chi connectivity index (χ1) is 5.77. The molecule has 0 aliphatic carbocycles. The molecular weight excluding hydrogens is 156 g/mol. The van der Waals surface area contributed by atoms with Crippen LogP contribution in [-0.2, 0) is 17.8 Å². The second kappa shape index (κ2) is 2.71. The Balaban J connectivity index is 2.60. The molecule has 2 rings (SSSR count). The number of rotatable bonds is 0. The van der Waals surface area contributed by atoms with Crippen molar-refractivity contribution in [2.45, 2.75) is 20.0 Å². The van der Waals surface area contributed by atoms with Crippen molar-refractivity contribution in [2.75, 3.05) is 6.61 Å². The molecule has 0 fully saturated rings. The number of aromatic amines is 1. The van der Waals surface area contributed by atoms with Crippen LogP contribution in [0.5, 0.6) is 0 Å². The average Bonchev–Trinajstić information content (AvgIpc) is 2.04. The highest BCUT2D eigenvalue weighted by molar-refractivity contribution is 5.18. The highest BCUT2D eigenvalue weighted by Gasteiger charge is 2.14. The number of hydrogen-bond donors (Lipinski definition) is 1. The van der Waals surface area contributed by atoms with Gasteiger partial charge in [0.15, 0.2) is 0 Å². The molecule has 1 aromatic rings. The predicted octanol–water partition coefficient (Wildman–Crippen LogP) is 0.151. The molecule has 1 N–H and O–H groups in total. The van der Waals surface area contributed by atoms with E-state index in [0.29, 0.717) is 25.5 Å². The van der Waals surface area contributed by atoms with Crippen LogP contribution in [0.15, 0.2) is 4.79 Å². The van der Waals surface area contributed by atoms with Crippen LogP contribution in [0.3, 0.4) is 0 Å². The van der Waals surface area contributed by atoms with Crippen molar-refractivity contribution >= 4 is 0 Å². The number of fused-ring (bicyclic) bond motifs is 1. The molecule has 0 aromatic carbocycles. The minimum Gasteiger partial charge on any atom is -0.375 e. The highest BCUT2D eigenvalue weighted by atomic mass is 16.5. The maximum absolute atomic E-state index is 11.3. The lowest BCUT2D eigenvalue weighted by Crippen LogP contribution is -2.24. The van der Waals surface area contributed by atoms with Gasteiger partial charge in [-0.05, 0) is 6.92 Å². The zero-order valence-corrected chi connectivity index (χ0v) is 6.89. The fourth-order valence-electron chi connectivity index (χ4n) is 1.39. The first kappa shape index (κ1) is 7.49. The topological polar surface area (TPSA) is 55.0 Å². The summed E-state index contributed by atoms with van der Waals surface area (Å²) in [6.07, 6.45) is 0.679. The summed E-state index contributed by atoms with van der Waals surface area (Å²) in [7, 11) is 0. The van der Waals surface area contributed by atoms with Gasteiger partial charge in [-0.15, -0.1) is 0 Å². The Hall–Kier alpha value is -1.16. The quantitative estimate of drug-likeness (QED) is 0.597. The lowest BCUT2D eigenvalue weighted by atomic mass is 10.1. The summed E-state index contributed by atoms with van der Waals surface area (Å²) in [6.45, 7) is 2.87. The summed E-state index contributed by atoms with van der Waals surface area (Å²) in [6, 6.07) is 0. The second-order valence-corrected chi connectivity index (χ2v) is 2.88. The molecule has 64 valence electrons. The van der Waals surface area contributed by atoms with Gasteiger partial charge in [0.2, 0.25) is 0 Å². The smallest absolute Gasteiger partial charge is 0.254 e. The van der Waals surface area contributed by atoms with E-state index in [9.17, 15) is 4.79 Å². The second-order valence-electron chi connectivity index (χ2n) is 2.88. The molecule has 4 nitrogen and oxygen atoms in total. The minimum atomic E-state index is -0.0131. The van der Waals surface area contributed by atoms with Gasteiger partial charge in [0, 0.05) is 12.0 Å². The van der Waals surface area contributed by atoms with E-state index in [1.54, 1.807) is 6.92 Å². The number of nitrogens with one attached hydrogen (secondary N) is 1. The Morgan fingerprint density at radius 3 is 3.25 bits per heavy atom. The van der Waals surface area contributed by atoms with E-state index < -0.39 is 0 Å². The maximum atomic E-state index is 11.3. The summed E-state index contributed by atoms with van der Waals surface area (Å²) in [4.78, 5) is 18.2. The molecule has 4 heteroatoms. The van der Waals surface area contributed by atoms with Crippen LogP contribution in [-0.4, -0.2) is 16.6 Å². The fraction of sp³-hybridized carbons (Fsp3) is 0.500. The number of ether oxygens (including phenoxy) is 1. The van der Waals surface area contributed by atoms with Crippen molar-refractivity contribution in [3.63, 3.8) is 0 Å². The van der Waals surface area contributed by atoms with E-state index in [0.717, 1.165) is 11.3 Å². The van der Waals surface area contributed by atoms with Crippen LogP contribution in [0.1, 0.15) is 17.1 Å². The van der Waals surface area contributed by atoms with Gasteiger partial charge in [-0.2, -0.15) is 0 Å². The zero-order chi connectivity index (χ0) is 8.55. The van der Waals surface area contributed by atoms with Crippen LogP contribution in [0.4, 0.5) is 0 Å². The number of aromatic nitrogens is 2. The number of hydrogen-bond acceptors (Lipinski definition) is 3. The van der Waals surface area contributed by atoms with Gasteiger partial charge in [-0.3, -0.25) is 4.79 Å². The van der Waals surface area contributed by atoms with Crippen molar-refractivity contribution in [1.82, 2.24) is 9.97 Å². The molecule has 2 heterocycles. The Morgan fingerprint density at radius 2 is 2.42 bits per heavy atom. The molecule has 0 saturated heterocycles. The van der Waals surface area contributed by atoms with Crippen LogP contribution < -0.4 is 5.56 Å². The van der Waals surface area contributed by atoms with E-state index in [1.807, 2.05) is 0 Å². The van der Waals surface area contributed by atoms with E-state index in [2.05, 4.69) is 9.97 Å². The molecule has 0 spiro atoms. The average molecular weight is 166 g/mol. The monoisotopic (exact) mass is 166 g/mol. The molecule has 0 amide bonds. The SMILES string of the molecule is Cc1nc2c(c(=O)[nH]1)CCOC2. The van der Waals surface area contributed by atoms with Gasteiger partial charge in [0.1, 0.15) is 5.82 Å². The summed E-state index contributed by atoms with van der Waals surface area (Å²) >= 11 is 0. The molecular formula is C8H10N2O2. The summed E-state index contributed by atoms with van der Waals surface area (Å²) in [5.41, 5.74) is 1.56. The molecule has 1 aliphatic rings. The van der Waals surface area contributed by atoms with Crippen molar-refractivity contribution < 1.29 is 4.74 Å². The van der Waals surface area contributed by atoms with Gasteiger partial charge in [0.25, 0.3) is 5.56 Å². The van der Waals surface area contributed by atoms with Crippen LogP contribution in [0.25, 0.3) is 0 Å². The number of nitrogens with zero attached hydrogens (tertiary/aromatic N) is 1. The summed E-state index contributed by atoms with van der Waals surface area (Å²) in [5, 5.41) is 0. The van der Waals surface area contributed by atoms with Crippen molar-refractivity contribution in [3.05, 3.63) is 27.4 Å². The lowest BCUT2D eigenvalue weighted by molar-refractivity contribution is 0.106. The van der Waals surface area contributed by atoms with Gasteiger partial charge >= 0.3 is 0 Å². The van der Waals surface area contributed by atoms with Gasteiger partial charge in [-0.25, -0.2) is 4.98 Å². The third-order valence-corrected chi connectivity index (χ3v) is 1.95. The Bertz CT molecular complexity index is 357. The zero-order valence-electron chi connectivity index (χ0n) is 6.89. The standard InChI is InChI=1S/C8H10N2O2/c1-5-9-7-4-12-3-2-6(7)8(11)10-5/h2-4H2,1H3,(H,9,10,11). The van der Waals surface area contributed by atoms with E-state index in [4.69, 9.17) is 4.74 Å². The van der Waals surface area contributed by atoms with E-state index in [-0.39, 0.29) is 5.56 Å². The van der Waals surface area contributed by atoms with Crippen molar-refractivity contribution in [3.8, 4) is 0 Å². The van der Waals surface area contributed by atoms with E-state index in [1.165, 1.54) is 0 Å². The van der Waals surface area contributed by atoms with Crippen LogP contribution in [0.2, 0.25) is 0 Å². The number of H-pyrrole nitrogens is 1. The summed E-state index contributed by atoms with van der Waals surface area (Å²) in [5.74, 6) is 0.657. The van der Waals surface area contributed by atoms with Gasteiger partial charge < -0.3 is 9.72 Å². The normalized spacial score (nSPS) is 15.8. The molecule has 12 heavy (non-hydrogen) atoms. The van der Waals surface area contributed by atoms with E-state index >= 15 is 0 Å². The molecule has 0 saturated carbocycles. The first-order valence-electron chi connectivity index (χ1n) is 3.94. The largest absolute Gasteiger partial charge is 0.375 e. The van der Waals surface area contributed by atoms with Crippen LogP contribution in [0, 0.1) is 6.92 Å².